The summed E-state index contributed by atoms with van der Waals surface area (Å²) < 4.78 is 19.9. The molecule has 2 aromatic rings. The minimum atomic E-state index is -0.496. The maximum Gasteiger partial charge on any atom is 0.141 e. The maximum atomic E-state index is 14.3. The summed E-state index contributed by atoms with van der Waals surface area (Å²) in [5.74, 6) is 0.107. The lowest BCUT2D eigenvalue weighted by Gasteiger charge is -2.36. The van der Waals surface area contributed by atoms with Gasteiger partial charge in [0.1, 0.15) is 11.9 Å². The van der Waals surface area contributed by atoms with E-state index in [0.717, 1.165) is 55.2 Å². The third-order valence-corrected chi connectivity index (χ3v) is 6.91. The Labute approximate surface area is 185 Å². The molecule has 0 saturated heterocycles. The van der Waals surface area contributed by atoms with Gasteiger partial charge in [0.25, 0.3) is 0 Å². The van der Waals surface area contributed by atoms with E-state index in [1.807, 2.05) is 24.3 Å². The van der Waals surface area contributed by atoms with Crippen molar-refractivity contribution < 1.29 is 9.13 Å². The Morgan fingerprint density at radius 3 is 2.77 bits per heavy atom. The lowest BCUT2D eigenvalue weighted by atomic mass is 9.78. The van der Waals surface area contributed by atoms with Gasteiger partial charge in [-0.05, 0) is 79.5 Å². The first kappa shape index (κ1) is 23.4. The van der Waals surface area contributed by atoms with Crippen LogP contribution in [0.4, 0.5) is 4.39 Å². The molecule has 1 fully saturated rings. The first-order valence-electron chi connectivity index (χ1n) is 11.2. The molecule has 3 N–H and O–H groups in total. The Morgan fingerprint density at radius 2 is 2.13 bits per heavy atom. The fourth-order valence-corrected chi connectivity index (χ4v) is 5.06. The van der Waals surface area contributed by atoms with Gasteiger partial charge in [0.15, 0.2) is 0 Å². The molecule has 3 rings (SSSR count). The molecular weight excluding hydrogens is 389 g/mol. The second kappa shape index (κ2) is 10.4. The van der Waals surface area contributed by atoms with E-state index >= 15 is 0 Å². The van der Waals surface area contributed by atoms with Crippen LogP contribution in [-0.4, -0.2) is 25.7 Å². The van der Waals surface area contributed by atoms with Gasteiger partial charge >= 0.3 is 0 Å². The predicted octanol–water partition coefficient (Wildman–Crippen LogP) is 4.94. The number of likely N-dealkylation sites (N-methyl/N-ethyl adjacent to an activating group) is 1. The van der Waals surface area contributed by atoms with E-state index in [-0.39, 0.29) is 17.1 Å². The molecule has 0 heterocycles. The van der Waals surface area contributed by atoms with Crippen molar-refractivity contribution in [2.24, 2.45) is 11.7 Å². The van der Waals surface area contributed by atoms with Gasteiger partial charge in [0.05, 0.1) is 12.2 Å². The molecule has 1 aliphatic carbocycles. The van der Waals surface area contributed by atoms with Gasteiger partial charge in [-0.3, -0.25) is 0 Å². The number of ether oxygens (including phenoxy) is 1. The Kier molecular flexibility index (Phi) is 7.83. The van der Waals surface area contributed by atoms with Crippen molar-refractivity contribution in [3.63, 3.8) is 0 Å². The van der Waals surface area contributed by atoms with Crippen LogP contribution in [0.25, 0.3) is 11.1 Å². The highest BCUT2D eigenvalue weighted by Gasteiger charge is 2.35. The summed E-state index contributed by atoms with van der Waals surface area (Å²) in [6.07, 6.45) is 6.22. The second-order valence-corrected chi connectivity index (χ2v) is 8.90. The molecule has 5 heteroatoms. The molecule has 0 aliphatic heterocycles. The van der Waals surface area contributed by atoms with Crippen LogP contribution < -0.4 is 11.1 Å². The number of nitrogens with two attached hydrogens (primary N) is 1. The average Bonchev–Trinajstić information content (AvgIpc) is 2.94. The number of benzene rings is 2. The number of nitrogens with zero attached hydrogens (tertiary/aromatic N) is 1. The van der Waals surface area contributed by atoms with Crippen molar-refractivity contribution in [3.8, 4) is 17.2 Å². The van der Waals surface area contributed by atoms with Crippen LogP contribution in [0.1, 0.15) is 55.7 Å². The topological polar surface area (TPSA) is 71.1 Å². The first-order chi connectivity index (χ1) is 14.9. The molecular formula is C26H34FN3O. The molecule has 3 atom stereocenters. The maximum absolute atomic E-state index is 14.3. The minimum absolute atomic E-state index is 0.0220. The zero-order chi connectivity index (χ0) is 22.4. The van der Waals surface area contributed by atoms with Crippen molar-refractivity contribution in [2.75, 3.05) is 14.2 Å². The van der Waals surface area contributed by atoms with Gasteiger partial charge in [0, 0.05) is 18.7 Å². The summed E-state index contributed by atoms with van der Waals surface area (Å²) >= 11 is 0. The molecule has 0 spiro atoms. The quantitative estimate of drug-likeness (QED) is 0.619. The van der Waals surface area contributed by atoms with Crippen LogP contribution in [0, 0.1) is 23.1 Å². The summed E-state index contributed by atoms with van der Waals surface area (Å²) in [6, 6.07) is 13.1. The molecule has 166 valence electrons. The number of halogens is 1. The van der Waals surface area contributed by atoms with Gasteiger partial charge in [-0.25, -0.2) is 4.39 Å². The van der Waals surface area contributed by atoms with Crippen LogP contribution in [0.5, 0.6) is 0 Å². The van der Waals surface area contributed by atoms with E-state index in [2.05, 4.69) is 25.4 Å². The van der Waals surface area contributed by atoms with E-state index in [1.54, 1.807) is 13.2 Å². The molecule has 31 heavy (non-hydrogen) atoms. The molecule has 0 bridgehead atoms. The summed E-state index contributed by atoms with van der Waals surface area (Å²) in [5, 5.41) is 12.7. The zero-order valence-electron chi connectivity index (χ0n) is 18.9. The van der Waals surface area contributed by atoms with E-state index < -0.39 is 5.82 Å². The standard InChI is InChI=1S/C26H34FN3O/c1-4-18-12-22(29)10-11-26(14-18,30-2)15-20-6-5-7-23(24(20)17-31-3)19-8-9-21(16-28)25(27)13-19/h5-9,13,18,22,30H,4,10-12,14-15,17,29H2,1-3H3/t18?,22-,26?/m1/s1. The average molecular weight is 424 g/mol. The molecule has 1 aliphatic rings. The van der Waals surface area contributed by atoms with Gasteiger partial charge in [-0.1, -0.05) is 37.6 Å². The molecule has 2 aromatic carbocycles. The van der Waals surface area contributed by atoms with Gasteiger partial charge in [-0.15, -0.1) is 0 Å². The smallest absolute Gasteiger partial charge is 0.141 e. The number of hydrogen-bond donors (Lipinski definition) is 2. The minimum Gasteiger partial charge on any atom is -0.380 e. The SMILES string of the molecule is CCC1C[C@H](N)CCC(Cc2cccc(-c3ccc(C#N)c(F)c3)c2COC)(NC)C1. The monoisotopic (exact) mass is 423 g/mol. The summed E-state index contributed by atoms with van der Waals surface area (Å²) in [7, 11) is 3.74. The Bertz CT molecular complexity index is 939. The largest absolute Gasteiger partial charge is 0.380 e. The molecule has 0 aromatic heterocycles. The summed E-state index contributed by atoms with van der Waals surface area (Å²) in [4.78, 5) is 0. The highest BCUT2D eigenvalue weighted by Crippen LogP contribution is 2.37. The Hall–Kier alpha value is -2.26. The highest BCUT2D eigenvalue weighted by molar-refractivity contribution is 5.69. The van der Waals surface area contributed by atoms with Gasteiger partial charge in [0.2, 0.25) is 0 Å². The fourth-order valence-electron chi connectivity index (χ4n) is 5.06. The number of hydrogen-bond acceptors (Lipinski definition) is 4. The van der Waals surface area contributed by atoms with Crippen LogP contribution >= 0.6 is 0 Å². The lowest BCUT2D eigenvalue weighted by molar-refractivity contribution is 0.183. The predicted molar refractivity (Wildman–Crippen MR) is 123 cm³/mol. The van der Waals surface area contributed by atoms with Crippen molar-refractivity contribution in [1.29, 1.82) is 5.26 Å². The molecule has 4 nitrogen and oxygen atoms in total. The van der Waals surface area contributed by atoms with Gasteiger partial charge < -0.3 is 15.8 Å². The van der Waals surface area contributed by atoms with E-state index in [4.69, 9.17) is 15.7 Å². The third kappa shape index (κ3) is 5.33. The zero-order valence-corrected chi connectivity index (χ0v) is 18.9. The lowest BCUT2D eigenvalue weighted by Crippen LogP contribution is -2.46. The molecule has 0 radical (unpaired) electrons. The molecule has 2 unspecified atom stereocenters. The number of methoxy groups -OCH3 is 1. The van der Waals surface area contributed by atoms with Crippen LogP contribution in [0.3, 0.4) is 0 Å². The van der Waals surface area contributed by atoms with Crippen LogP contribution in [0.2, 0.25) is 0 Å². The summed E-state index contributed by atoms with van der Waals surface area (Å²) in [5.41, 5.74) is 10.4. The Balaban J connectivity index is 2.02. The second-order valence-electron chi connectivity index (χ2n) is 8.90. The van der Waals surface area contributed by atoms with Crippen molar-refractivity contribution in [3.05, 3.63) is 58.9 Å². The van der Waals surface area contributed by atoms with Crippen LogP contribution in [0.15, 0.2) is 36.4 Å². The molecule has 1 saturated carbocycles. The number of nitrogens with one attached hydrogen (secondary N) is 1. The summed E-state index contributed by atoms with van der Waals surface area (Å²) in [6.45, 7) is 2.70. The number of rotatable bonds is 7. The van der Waals surface area contributed by atoms with E-state index in [0.29, 0.717) is 12.5 Å². The first-order valence-corrected chi connectivity index (χ1v) is 11.2. The highest BCUT2D eigenvalue weighted by atomic mass is 19.1. The normalized spacial score (nSPS) is 23.9. The molecule has 0 amide bonds. The van der Waals surface area contributed by atoms with Crippen molar-refractivity contribution in [1.82, 2.24) is 5.32 Å². The van der Waals surface area contributed by atoms with E-state index in [1.165, 1.54) is 11.6 Å². The van der Waals surface area contributed by atoms with E-state index in [9.17, 15) is 4.39 Å². The Morgan fingerprint density at radius 1 is 1.32 bits per heavy atom. The van der Waals surface area contributed by atoms with Crippen molar-refractivity contribution >= 4 is 0 Å². The number of nitriles is 1. The fraction of sp³-hybridized carbons (Fsp3) is 0.500. The third-order valence-electron chi connectivity index (χ3n) is 6.91. The van der Waals surface area contributed by atoms with Crippen LogP contribution in [-0.2, 0) is 17.8 Å². The van der Waals surface area contributed by atoms with Gasteiger partial charge in [-0.2, -0.15) is 5.26 Å². The van der Waals surface area contributed by atoms with Crippen molar-refractivity contribution in [2.45, 2.75) is 63.6 Å².